The van der Waals surface area contributed by atoms with Crippen molar-refractivity contribution in [3.05, 3.63) is 6.10 Å². The number of rotatable bonds is 6. The second-order valence-corrected chi connectivity index (χ2v) is 2.80. The normalized spacial score (nSPS) is 16.5. The highest BCUT2D eigenvalue weighted by molar-refractivity contribution is 4.65. The molecule has 1 N–H and O–H groups in total. The first-order valence-electron chi connectivity index (χ1n) is 4.08. The predicted octanol–water partition coefficient (Wildman–Crippen LogP) is 2.51. The van der Waals surface area contributed by atoms with Gasteiger partial charge in [0.15, 0.2) is 0 Å². The standard InChI is InChI=1S/C8H17O4/c1-5-7(3)10-12-8(4,6-2)11-9/h9H,5-6H2,1-4H3. The van der Waals surface area contributed by atoms with E-state index in [1.54, 1.807) is 13.8 Å². The molecule has 0 saturated carbocycles. The minimum atomic E-state index is -1.07. The lowest BCUT2D eigenvalue weighted by Gasteiger charge is -2.23. The van der Waals surface area contributed by atoms with Crippen LogP contribution in [0.25, 0.3) is 0 Å². The third-order valence-corrected chi connectivity index (χ3v) is 1.69. The largest absolute Gasteiger partial charge is 0.249 e. The van der Waals surface area contributed by atoms with Crippen molar-refractivity contribution in [3.8, 4) is 0 Å². The van der Waals surface area contributed by atoms with Crippen molar-refractivity contribution in [2.24, 2.45) is 0 Å². The van der Waals surface area contributed by atoms with E-state index in [2.05, 4.69) is 4.89 Å². The van der Waals surface area contributed by atoms with Crippen molar-refractivity contribution >= 4 is 0 Å². The Balaban J connectivity index is 3.72. The Labute approximate surface area is 73.3 Å². The topological polar surface area (TPSA) is 47.9 Å². The van der Waals surface area contributed by atoms with E-state index in [4.69, 9.17) is 15.0 Å². The Morgan fingerprint density at radius 3 is 2.33 bits per heavy atom. The van der Waals surface area contributed by atoms with Crippen LogP contribution in [-0.4, -0.2) is 11.0 Å². The van der Waals surface area contributed by atoms with Gasteiger partial charge in [-0.05, 0) is 20.3 Å². The second-order valence-electron chi connectivity index (χ2n) is 2.80. The molecule has 0 fully saturated rings. The van der Waals surface area contributed by atoms with Crippen LogP contribution in [0.15, 0.2) is 0 Å². The highest BCUT2D eigenvalue weighted by Gasteiger charge is 2.26. The molecule has 1 radical (unpaired) electrons. The summed E-state index contributed by atoms with van der Waals surface area (Å²) >= 11 is 0. The molecule has 12 heavy (non-hydrogen) atoms. The minimum absolute atomic E-state index is 0.500. The van der Waals surface area contributed by atoms with E-state index in [1.165, 1.54) is 0 Å². The maximum absolute atomic E-state index is 8.46. The highest BCUT2D eigenvalue weighted by atomic mass is 17.3. The molecule has 0 aliphatic rings. The first-order valence-corrected chi connectivity index (χ1v) is 4.08. The average Bonchev–Trinajstić information content (AvgIpc) is 2.13. The maximum atomic E-state index is 8.46. The first-order chi connectivity index (χ1) is 5.58. The molecule has 0 aliphatic carbocycles. The summed E-state index contributed by atoms with van der Waals surface area (Å²) in [6.07, 6.45) is 2.01. The van der Waals surface area contributed by atoms with Crippen molar-refractivity contribution in [2.75, 3.05) is 0 Å². The average molecular weight is 177 g/mol. The molecule has 0 aliphatic heterocycles. The summed E-state index contributed by atoms with van der Waals surface area (Å²) in [5.41, 5.74) is 0. The van der Waals surface area contributed by atoms with Gasteiger partial charge in [-0.15, -0.1) is 0 Å². The highest BCUT2D eigenvalue weighted by Crippen LogP contribution is 2.19. The van der Waals surface area contributed by atoms with E-state index in [0.717, 1.165) is 12.5 Å². The molecule has 73 valence electrons. The van der Waals surface area contributed by atoms with Crippen LogP contribution in [0, 0.1) is 6.10 Å². The monoisotopic (exact) mass is 177 g/mol. The maximum Gasteiger partial charge on any atom is 0.230 e. The predicted molar refractivity (Wildman–Crippen MR) is 43.8 cm³/mol. The molecule has 4 nitrogen and oxygen atoms in total. The fourth-order valence-electron chi connectivity index (χ4n) is 0.357. The minimum Gasteiger partial charge on any atom is -0.249 e. The SMILES string of the molecule is CC[C](C)OOC(C)(CC)OO. The van der Waals surface area contributed by atoms with Crippen molar-refractivity contribution in [1.82, 2.24) is 0 Å². The van der Waals surface area contributed by atoms with Gasteiger partial charge < -0.3 is 0 Å². The summed E-state index contributed by atoms with van der Waals surface area (Å²) < 4.78 is 0. The molecule has 0 bridgehead atoms. The lowest BCUT2D eigenvalue weighted by Crippen LogP contribution is -2.30. The quantitative estimate of drug-likeness (QED) is 0.384. The number of hydrogen-bond donors (Lipinski definition) is 1. The van der Waals surface area contributed by atoms with Crippen LogP contribution in [0.1, 0.15) is 40.5 Å². The molecule has 0 spiro atoms. The zero-order valence-corrected chi connectivity index (χ0v) is 8.09. The lowest BCUT2D eigenvalue weighted by molar-refractivity contribution is -0.491. The Bertz CT molecular complexity index is 112. The number of hydrogen-bond acceptors (Lipinski definition) is 4. The van der Waals surface area contributed by atoms with E-state index in [1.807, 2.05) is 13.8 Å². The summed E-state index contributed by atoms with van der Waals surface area (Å²) in [6, 6.07) is 0. The molecular formula is C8H17O4. The Kier molecular flexibility index (Phi) is 5.41. The van der Waals surface area contributed by atoms with E-state index in [-0.39, 0.29) is 0 Å². The van der Waals surface area contributed by atoms with Crippen LogP contribution < -0.4 is 0 Å². The van der Waals surface area contributed by atoms with Gasteiger partial charge in [0.25, 0.3) is 0 Å². The summed E-state index contributed by atoms with van der Waals surface area (Å²) in [4.78, 5) is 13.9. The lowest BCUT2D eigenvalue weighted by atomic mass is 10.2. The Morgan fingerprint density at radius 1 is 1.42 bits per heavy atom. The van der Waals surface area contributed by atoms with Crippen molar-refractivity contribution < 1.29 is 19.9 Å². The van der Waals surface area contributed by atoms with Gasteiger partial charge in [0.05, 0.1) is 0 Å². The molecule has 4 heteroatoms. The summed E-state index contributed by atoms with van der Waals surface area (Å²) in [5.74, 6) is -1.07. The van der Waals surface area contributed by atoms with Gasteiger partial charge in [-0.2, -0.15) is 4.89 Å². The van der Waals surface area contributed by atoms with Crippen molar-refractivity contribution in [1.29, 1.82) is 0 Å². The smallest absolute Gasteiger partial charge is 0.230 e. The second kappa shape index (κ2) is 5.48. The Morgan fingerprint density at radius 2 is 2.00 bits per heavy atom. The summed E-state index contributed by atoms with van der Waals surface area (Å²) in [7, 11) is 0. The summed E-state index contributed by atoms with van der Waals surface area (Å²) in [6.45, 7) is 7.16. The van der Waals surface area contributed by atoms with Gasteiger partial charge in [-0.25, -0.2) is 15.0 Å². The van der Waals surface area contributed by atoms with Crippen LogP contribution in [0.2, 0.25) is 0 Å². The van der Waals surface area contributed by atoms with Gasteiger partial charge in [-0.3, -0.25) is 0 Å². The van der Waals surface area contributed by atoms with Gasteiger partial charge in [0.2, 0.25) is 5.79 Å². The Hall–Kier alpha value is -0.160. The first kappa shape index (κ1) is 11.8. The van der Waals surface area contributed by atoms with Crippen LogP contribution in [-0.2, 0) is 14.7 Å². The van der Waals surface area contributed by atoms with Gasteiger partial charge in [-0.1, -0.05) is 13.8 Å². The molecule has 1 unspecified atom stereocenters. The van der Waals surface area contributed by atoms with E-state index >= 15 is 0 Å². The molecule has 0 aromatic carbocycles. The van der Waals surface area contributed by atoms with Gasteiger partial charge in [0.1, 0.15) is 6.10 Å². The fourth-order valence-corrected chi connectivity index (χ4v) is 0.357. The van der Waals surface area contributed by atoms with Crippen LogP contribution in [0.3, 0.4) is 0 Å². The van der Waals surface area contributed by atoms with E-state index in [0.29, 0.717) is 6.42 Å². The van der Waals surface area contributed by atoms with Crippen molar-refractivity contribution in [2.45, 2.75) is 46.3 Å². The molecule has 0 amide bonds. The molecule has 0 heterocycles. The molecule has 0 saturated heterocycles. The zero-order valence-electron chi connectivity index (χ0n) is 8.09. The summed E-state index contributed by atoms with van der Waals surface area (Å²) in [5, 5.41) is 8.46. The van der Waals surface area contributed by atoms with E-state index in [9.17, 15) is 0 Å². The van der Waals surface area contributed by atoms with Crippen molar-refractivity contribution in [3.63, 3.8) is 0 Å². The fraction of sp³-hybridized carbons (Fsp3) is 0.875. The molecule has 1 atom stereocenters. The van der Waals surface area contributed by atoms with Gasteiger partial charge in [0, 0.05) is 6.42 Å². The molecule has 0 aromatic rings. The molecular weight excluding hydrogens is 160 g/mol. The third kappa shape index (κ3) is 4.01. The zero-order chi connectivity index (χ0) is 9.61. The van der Waals surface area contributed by atoms with Crippen LogP contribution in [0.5, 0.6) is 0 Å². The third-order valence-electron chi connectivity index (χ3n) is 1.69. The molecule has 0 rings (SSSR count). The van der Waals surface area contributed by atoms with E-state index < -0.39 is 5.79 Å². The van der Waals surface area contributed by atoms with Gasteiger partial charge >= 0.3 is 0 Å². The van der Waals surface area contributed by atoms with Crippen LogP contribution in [0.4, 0.5) is 0 Å². The molecule has 0 aromatic heterocycles. The van der Waals surface area contributed by atoms with Crippen LogP contribution >= 0.6 is 0 Å².